The van der Waals surface area contributed by atoms with Crippen LogP contribution < -0.4 is 5.73 Å². The van der Waals surface area contributed by atoms with Gasteiger partial charge in [-0.25, -0.2) is 19.5 Å². The maximum absolute atomic E-state index is 12.1. The van der Waals surface area contributed by atoms with Crippen molar-refractivity contribution in [3.05, 3.63) is 12.7 Å². The lowest BCUT2D eigenvalue weighted by atomic mass is 10.1. The summed E-state index contributed by atoms with van der Waals surface area (Å²) in [4.78, 5) is 12.1. The fourth-order valence-corrected chi connectivity index (χ4v) is 3.85. The molecule has 2 aromatic rings. The van der Waals surface area contributed by atoms with E-state index in [1.165, 1.54) is 24.3 Å². The molecule has 11 nitrogen and oxygen atoms in total. The van der Waals surface area contributed by atoms with Crippen LogP contribution >= 0.6 is 7.82 Å². The van der Waals surface area contributed by atoms with Gasteiger partial charge < -0.3 is 15.6 Å². The van der Waals surface area contributed by atoms with Crippen LogP contribution in [0.5, 0.6) is 0 Å². The fourth-order valence-electron chi connectivity index (χ4n) is 2.71. The van der Waals surface area contributed by atoms with Crippen LogP contribution in [0.15, 0.2) is 12.7 Å². The van der Waals surface area contributed by atoms with E-state index in [0.717, 1.165) is 0 Å². The first-order chi connectivity index (χ1) is 11.0. The number of phosphoric acid groups is 1. The zero-order chi connectivity index (χ0) is 16.2. The summed E-state index contributed by atoms with van der Waals surface area (Å²) in [6, 6.07) is 0. The molecular formula is C11H14N5O6P. The van der Waals surface area contributed by atoms with Gasteiger partial charge in [0.15, 0.2) is 17.7 Å². The molecule has 1 unspecified atom stereocenters. The van der Waals surface area contributed by atoms with Gasteiger partial charge in [-0.3, -0.25) is 18.1 Å². The van der Waals surface area contributed by atoms with Crippen LogP contribution in [-0.2, 0) is 22.9 Å². The van der Waals surface area contributed by atoms with E-state index in [0.29, 0.717) is 11.2 Å². The Kier molecular flexibility index (Phi) is 3.38. The number of nitrogen functional groups attached to an aromatic ring is 1. The molecule has 0 amide bonds. The van der Waals surface area contributed by atoms with Gasteiger partial charge in [-0.15, -0.1) is 0 Å². The molecule has 2 aromatic heterocycles. The molecule has 3 N–H and O–H groups in total. The minimum atomic E-state index is -3.67. The summed E-state index contributed by atoms with van der Waals surface area (Å²) in [6.45, 7) is -0.0207. The normalized spacial score (nSPS) is 37.1. The van der Waals surface area contributed by atoms with E-state index in [1.807, 2.05) is 0 Å². The van der Waals surface area contributed by atoms with Crippen LogP contribution in [-0.4, -0.2) is 56.7 Å². The number of imidazole rings is 1. The third-order valence-corrected chi connectivity index (χ3v) is 5.26. The third kappa shape index (κ3) is 2.24. The second-order valence-corrected chi connectivity index (χ2v) is 6.86. The van der Waals surface area contributed by atoms with Gasteiger partial charge in [0.05, 0.1) is 12.9 Å². The van der Waals surface area contributed by atoms with Gasteiger partial charge in [0.25, 0.3) is 0 Å². The lowest BCUT2D eigenvalue weighted by Gasteiger charge is -2.29. The molecule has 124 valence electrons. The standard InChI is InChI=1S/C11H14N5O6P/c1-19-23(18)20-2-5-8(22-23)7(17)11(21-5)16-4-15-6-9(12)13-3-14-10(6)16/h3-5,7-8,11,17H,2H2,1H3,(H2,12,13,14)/t5-,7-,8-,11-,23?/m1/s1. The lowest BCUT2D eigenvalue weighted by molar-refractivity contribution is -0.0685. The molecule has 2 aliphatic rings. The average Bonchev–Trinajstić information content (AvgIpc) is 3.10. The number of aliphatic hydroxyl groups excluding tert-OH is 1. The number of hydrogen-bond acceptors (Lipinski definition) is 10. The van der Waals surface area contributed by atoms with Gasteiger partial charge in [0.1, 0.15) is 30.2 Å². The Hall–Kier alpha value is -1.62. The number of phosphoric ester groups is 1. The molecule has 23 heavy (non-hydrogen) atoms. The summed E-state index contributed by atoms with van der Waals surface area (Å²) in [6.07, 6.45) is -0.655. The summed E-state index contributed by atoms with van der Waals surface area (Å²) in [5.74, 6) is 0.224. The zero-order valence-corrected chi connectivity index (χ0v) is 12.9. The van der Waals surface area contributed by atoms with Crippen LogP contribution in [0.1, 0.15) is 6.23 Å². The van der Waals surface area contributed by atoms with Crippen LogP contribution in [0, 0.1) is 0 Å². The molecule has 0 radical (unpaired) electrons. The van der Waals surface area contributed by atoms with E-state index in [1.54, 1.807) is 0 Å². The van der Waals surface area contributed by atoms with Gasteiger partial charge in [-0.05, 0) is 0 Å². The van der Waals surface area contributed by atoms with E-state index in [-0.39, 0.29) is 12.4 Å². The van der Waals surface area contributed by atoms with Crippen molar-refractivity contribution in [3.8, 4) is 0 Å². The number of aliphatic hydroxyl groups is 1. The summed E-state index contributed by atoms with van der Waals surface area (Å²) in [7, 11) is -2.46. The Morgan fingerprint density at radius 3 is 3.09 bits per heavy atom. The van der Waals surface area contributed by atoms with Crippen LogP contribution in [0.3, 0.4) is 0 Å². The molecule has 0 aromatic carbocycles. The first-order valence-corrected chi connectivity index (χ1v) is 8.24. The second-order valence-electron chi connectivity index (χ2n) is 5.13. The summed E-state index contributed by atoms with van der Waals surface area (Å²) >= 11 is 0. The molecular weight excluding hydrogens is 329 g/mol. The summed E-state index contributed by atoms with van der Waals surface area (Å²) in [5.41, 5.74) is 6.56. The van der Waals surface area contributed by atoms with Crippen LogP contribution in [0.4, 0.5) is 5.82 Å². The Morgan fingerprint density at radius 1 is 1.48 bits per heavy atom. The summed E-state index contributed by atoms with van der Waals surface area (Å²) < 4.78 is 34.4. The zero-order valence-electron chi connectivity index (χ0n) is 12.0. The minimum absolute atomic E-state index is 0.0207. The third-order valence-electron chi connectivity index (χ3n) is 3.84. The van der Waals surface area contributed by atoms with Crippen molar-refractivity contribution >= 4 is 24.8 Å². The molecule has 4 heterocycles. The van der Waals surface area contributed by atoms with Crippen molar-refractivity contribution in [1.29, 1.82) is 0 Å². The van der Waals surface area contributed by atoms with E-state index >= 15 is 0 Å². The fraction of sp³-hybridized carbons (Fsp3) is 0.545. The first-order valence-electron chi connectivity index (χ1n) is 6.77. The van der Waals surface area contributed by atoms with Crippen molar-refractivity contribution in [3.63, 3.8) is 0 Å². The molecule has 12 heteroatoms. The highest BCUT2D eigenvalue weighted by Crippen LogP contribution is 2.56. The Balaban J connectivity index is 1.68. The number of ether oxygens (including phenoxy) is 1. The predicted molar refractivity (Wildman–Crippen MR) is 75.1 cm³/mol. The molecule has 2 fully saturated rings. The average molecular weight is 343 g/mol. The molecule has 0 saturated carbocycles. The summed E-state index contributed by atoms with van der Waals surface area (Å²) in [5, 5.41) is 10.5. The molecule has 0 aliphatic carbocycles. The van der Waals surface area contributed by atoms with Gasteiger partial charge in [-0.2, -0.15) is 0 Å². The predicted octanol–water partition coefficient (Wildman–Crippen LogP) is -0.163. The number of hydrogen-bond donors (Lipinski definition) is 2. The monoisotopic (exact) mass is 343 g/mol. The second kappa shape index (κ2) is 5.20. The highest BCUT2D eigenvalue weighted by molar-refractivity contribution is 7.48. The topological polar surface area (TPSA) is 144 Å². The van der Waals surface area contributed by atoms with E-state index in [2.05, 4.69) is 15.0 Å². The largest absolute Gasteiger partial charge is 0.475 e. The van der Waals surface area contributed by atoms with Gasteiger partial charge >= 0.3 is 7.82 Å². The van der Waals surface area contributed by atoms with Gasteiger partial charge in [0.2, 0.25) is 0 Å². The van der Waals surface area contributed by atoms with E-state index in [9.17, 15) is 9.67 Å². The Bertz CT molecular complexity index is 798. The number of aromatic nitrogens is 4. The SMILES string of the molecule is COP1(=O)OC[C@H]2O[C@@H](n3cnc4c(N)ncnc43)[C@H](O)[C@@H]2O1. The van der Waals surface area contributed by atoms with Crippen LogP contribution in [0.2, 0.25) is 0 Å². The van der Waals surface area contributed by atoms with Crippen molar-refractivity contribution < 1.29 is 28.0 Å². The maximum Gasteiger partial charge on any atom is 0.475 e. The highest BCUT2D eigenvalue weighted by atomic mass is 31.2. The first kappa shape index (κ1) is 14.9. The van der Waals surface area contributed by atoms with Crippen molar-refractivity contribution in [2.45, 2.75) is 24.5 Å². The number of rotatable bonds is 2. The maximum atomic E-state index is 12.1. The number of anilines is 1. The molecule has 0 bridgehead atoms. The Morgan fingerprint density at radius 2 is 2.30 bits per heavy atom. The van der Waals surface area contributed by atoms with E-state index in [4.69, 9.17) is 24.0 Å². The smallest absolute Gasteiger partial charge is 0.386 e. The molecule has 2 saturated heterocycles. The molecule has 5 atom stereocenters. The lowest BCUT2D eigenvalue weighted by Crippen LogP contribution is -2.39. The van der Waals surface area contributed by atoms with E-state index < -0.39 is 32.4 Å². The highest BCUT2D eigenvalue weighted by Gasteiger charge is 2.53. The van der Waals surface area contributed by atoms with Crippen LogP contribution in [0.25, 0.3) is 11.2 Å². The van der Waals surface area contributed by atoms with Gasteiger partial charge in [0, 0.05) is 7.11 Å². The van der Waals surface area contributed by atoms with Crippen molar-refractivity contribution in [1.82, 2.24) is 19.5 Å². The Labute approximate surface area is 130 Å². The quantitative estimate of drug-likeness (QED) is 0.705. The minimum Gasteiger partial charge on any atom is -0.386 e. The molecule has 0 spiro atoms. The molecule has 2 aliphatic heterocycles. The number of fused-ring (bicyclic) bond motifs is 2. The molecule has 4 rings (SSSR count). The van der Waals surface area contributed by atoms with Crippen molar-refractivity contribution in [2.75, 3.05) is 19.5 Å². The number of nitrogens with zero attached hydrogens (tertiary/aromatic N) is 4. The van der Waals surface area contributed by atoms with Crippen molar-refractivity contribution in [2.24, 2.45) is 0 Å². The van der Waals surface area contributed by atoms with Gasteiger partial charge in [-0.1, -0.05) is 0 Å². The number of nitrogens with two attached hydrogens (primary N) is 1.